The Morgan fingerprint density at radius 1 is 1.17 bits per heavy atom. The molecule has 13 heteroatoms. The second-order valence-electron chi connectivity index (χ2n) is 7.24. The maximum Gasteiger partial charge on any atom is 0.287 e. The van der Waals surface area contributed by atoms with Gasteiger partial charge in [-0.25, -0.2) is 9.97 Å². The number of methoxy groups -OCH3 is 1. The molecule has 0 spiro atoms. The molecule has 0 saturated heterocycles. The number of hydrogen-bond donors (Lipinski definition) is 0. The van der Waals surface area contributed by atoms with Gasteiger partial charge in [-0.3, -0.25) is 14.9 Å². The third-order valence-corrected chi connectivity index (χ3v) is 7.65. The average Bonchev–Trinajstić information content (AvgIpc) is 2.87. The van der Waals surface area contributed by atoms with Gasteiger partial charge < -0.3 is 9.47 Å². The SMILES string of the molecule is CCc1nc2ccc(Br)cc2c(=O)n1N=Cc1cc(OC)c(Oc2ccc([N+](=O)[O-])cn2)c(Br)c1Br. The average molecular weight is 682 g/mol. The maximum absolute atomic E-state index is 13.2. The van der Waals surface area contributed by atoms with E-state index in [2.05, 4.69) is 62.9 Å². The highest BCUT2D eigenvalue weighted by molar-refractivity contribution is 9.13. The summed E-state index contributed by atoms with van der Waals surface area (Å²) in [6, 6.07) is 9.67. The smallest absolute Gasteiger partial charge is 0.287 e. The summed E-state index contributed by atoms with van der Waals surface area (Å²) in [6.07, 6.45) is 3.12. The normalized spacial score (nSPS) is 11.2. The number of halogens is 3. The minimum atomic E-state index is -0.544. The standard InChI is InChI=1S/C23H16Br3N5O5/c1-3-18-29-16-6-4-13(24)9-15(16)23(32)30(18)28-10-12-8-17(35-2)22(21(26)20(12)25)36-19-7-5-14(11-27-19)31(33)34/h4-11H,3H2,1-2H3. The fourth-order valence-electron chi connectivity index (χ4n) is 3.25. The molecule has 0 amide bonds. The Hall–Kier alpha value is -3.16. The lowest BCUT2D eigenvalue weighted by atomic mass is 10.2. The number of rotatable bonds is 7. The first kappa shape index (κ1) is 25.9. The van der Waals surface area contributed by atoms with Gasteiger partial charge in [0.15, 0.2) is 11.5 Å². The van der Waals surface area contributed by atoms with E-state index in [1.165, 1.54) is 30.1 Å². The lowest BCUT2D eigenvalue weighted by Gasteiger charge is -2.14. The molecule has 10 nitrogen and oxygen atoms in total. The molecule has 0 unspecified atom stereocenters. The number of nitrogens with zero attached hydrogens (tertiary/aromatic N) is 5. The van der Waals surface area contributed by atoms with Crippen LogP contribution in [0.1, 0.15) is 18.3 Å². The van der Waals surface area contributed by atoms with Crippen LogP contribution in [0.5, 0.6) is 17.4 Å². The second kappa shape index (κ2) is 10.8. The van der Waals surface area contributed by atoms with Gasteiger partial charge in [-0.15, -0.1) is 0 Å². The summed E-state index contributed by atoms with van der Waals surface area (Å²) in [5.41, 5.74) is 0.739. The molecule has 0 saturated carbocycles. The Labute approximate surface area is 229 Å². The van der Waals surface area contributed by atoms with E-state index in [1.807, 2.05) is 13.0 Å². The number of pyridine rings is 1. The van der Waals surface area contributed by atoms with Crippen LogP contribution in [0.3, 0.4) is 0 Å². The second-order valence-corrected chi connectivity index (χ2v) is 9.75. The molecule has 0 aliphatic rings. The molecular weight excluding hydrogens is 666 g/mol. The minimum Gasteiger partial charge on any atom is -0.493 e. The van der Waals surface area contributed by atoms with Crippen molar-refractivity contribution in [1.82, 2.24) is 14.6 Å². The highest BCUT2D eigenvalue weighted by atomic mass is 79.9. The summed E-state index contributed by atoms with van der Waals surface area (Å²) >= 11 is 10.4. The largest absolute Gasteiger partial charge is 0.493 e. The predicted octanol–water partition coefficient (Wildman–Crippen LogP) is 6.23. The van der Waals surface area contributed by atoms with E-state index < -0.39 is 4.92 Å². The monoisotopic (exact) mass is 679 g/mol. The molecule has 0 aliphatic heterocycles. The third kappa shape index (κ3) is 5.18. The van der Waals surface area contributed by atoms with Crippen LogP contribution in [0.4, 0.5) is 5.69 Å². The van der Waals surface area contributed by atoms with Crippen molar-refractivity contribution in [2.45, 2.75) is 13.3 Å². The number of aromatic nitrogens is 3. The minimum absolute atomic E-state index is 0.139. The Bertz CT molecular complexity index is 1570. The summed E-state index contributed by atoms with van der Waals surface area (Å²) in [7, 11) is 1.47. The van der Waals surface area contributed by atoms with Gasteiger partial charge in [-0.2, -0.15) is 9.78 Å². The van der Waals surface area contributed by atoms with Gasteiger partial charge in [0.05, 0.1) is 33.6 Å². The van der Waals surface area contributed by atoms with E-state index in [1.54, 1.807) is 18.2 Å². The van der Waals surface area contributed by atoms with Crippen LogP contribution in [-0.2, 0) is 6.42 Å². The molecule has 0 N–H and O–H groups in total. The van der Waals surface area contributed by atoms with Crippen LogP contribution < -0.4 is 15.0 Å². The zero-order valence-corrected chi connectivity index (χ0v) is 23.5. The molecule has 4 rings (SSSR count). The summed E-state index contributed by atoms with van der Waals surface area (Å²) < 4.78 is 14.4. The molecule has 0 aliphatic carbocycles. The first-order valence-corrected chi connectivity index (χ1v) is 12.7. The first-order valence-electron chi connectivity index (χ1n) is 10.3. The Morgan fingerprint density at radius 2 is 1.94 bits per heavy atom. The van der Waals surface area contributed by atoms with Crippen molar-refractivity contribution in [3.8, 4) is 17.4 Å². The van der Waals surface area contributed by atoms with Crippen molar-refractivity contribution in [1.29, 1.82) is 0 Å². The zero-order chi connectivity index (χ0) is 26.0. The van der Waals surface area contributed by atoms with Crippen molar-refractivity contribution in [3.05, 3.63) is 87.9 Å². The number of fused-ring (bicyclic) bond motifs is 1. The lowest BCUT2D eigenvalue weighted by molar-refractivity contribution is -0.385. The molecule has 2 aromatic heterocycles. The Balaban J connectivity index is 1.74. The van der Waals surface area contributed by atoms with Gasteiger partial charge in [-0.1, -0.05) is 22.9 Å². The number of benzene rings is 2. The Morgan fingerprint density at radius 3 is 2.58 bits per heavy atom. The summed E-state index contributed by atoms with van der Waals surface area (Å²) in [5.74, 6) is 1.29. The van der Waals surface area contributed by atoms with Gasteiger partial charge in [-0.05, 0) is 56.1 Å². The van der Waals surface area contributed by atoms with E-state index in [0.29, 0.717) is 49.2 Å². The van der Waals surface area contributed by atoms with Crippen LogP contribution >= 0.6 is 47.8 Å². The molecule has 184 valence electrons. The molecule has 0 atom stereocenters. The highest BCUT2D eigenvalue weighted by Gasteiger charge is 2.19. The van der Waals surface area contributed by atoms with E-state index in [-0.39, 0.29) is 17.1 Å². The molecule has 0 fully saturated rings. The van der Waals surface area contributed by atoms with E-state index in [4.69, 9.17) is 9.47 Å². The van der Waals surface area contributed by atoms with Crippen LogP contribution in [0.15, 0.2) is 65.9 Å². The summed E-state index contributed by atoms with van der Waals surface area (Å²) in [5, 5.41) is 15.7. The van der Waals surface area contributed by atoms with Crippen LogP contribution in [0, 0.1) is 10.1 Å². The van der Waals surface area contributed by atoms with Crippen molar-refractivity contribution >= 4 is 70.6 Å². The van der Waals surface area contributed by atoms with Gasteiger partial charge in [0, 0.05) is 33.1 Å². The van der Waals surface area contributed by atoms with Gasteiger partial charge in [0.25, 0.3) is 11.2 Å². The first-order chi connectivity index (χ1) is 17.2. The molecule has 36 heavy (non-hydrogen) atoms. The van der Waals surface area contributed by atoms with E-state index in [0.717, 1.165) is 10.7 Å². The molecule has 2 heterocycles. The highest BCUT2D eigenvalue weighted by Crippen LogP contribution is 2.44. The van der Waals surface area contributed by atoms with Crippen molar-refractivity contribution in [2.75, 3.05) is 7.11 Å². The van der Waals surface area contributed by atoms with Crippen LogP contribution in [0.2, 0.25) is 0 Å². The fraction of sp³-hybridized carbons (Fsp3) is 0.130. The molecule has 2 aromatic carbocycles. The number of aryl methyl sites for hydroxylation is 1. The van der Waals surface area contributed by atoms with Crippen LogP contribution in [-0.4, -0.2) is 32.9 Å². The number of nitro groups is 1. The van der Waals surface area contributed by atoms with Gasteiger partial charge >= 0.3 is 0 Å². The topological polar surface area (TPSA) is 122 Å². The maximum atomic E-state index is 13.2. The number of ether oxygens (including phenoxy) is 2. The van der Waals surface area contributed by atoms with Gasteiger partial charge in [0.2, 0.25) is 5.88 Å². The van der Waals surface area contributed by atoms with E-state index in [9.17, 15) is 14.9 Å². The van der Waals surface area contributed by atoms with Gasteiger partial charge in [0.1, 0.15) is 12.0 Å². The summed E-state index contributed by atoms with van der Waals surface area (Å²) in [6.45, 7) is 1.90. The van der Waals surface area contributed by atoms with Crippen molar-refractivity contribution in [2.24, 2.45) is 5.10 Å². The fourth-order valence-corrected chi connectivity index (χ4v) is 4.52. The molecule has 4 aromatic rings. The quantitative estimate of drug-likeness (QED) is 0.129. The molecular formula is C23H16Br3N5O5. The van der Waals surface area contributed by atoms with Crippen molar-refractivity contribution < 1.29 is 14.4 Å². The molecule has 0 radical (unpaired) electrons. The molecule has 0 bridgehead atoms. The summed E-state index contributed by atoms with van der Waals surface area (Å²) in [4.78, 5) is 32.0. The zero-order valence-electron chi connectivity index (χ0n) is 18.7. The van der Waals surface area contributed by atoms with Crippen molar-refractivity contribution in [3.63, 3.8) is 0 Å². The van der Waals surface area contributed by atoms with E-state index >= 15 is 0 Å². The lowest BCUT2D eigenvalue weighted by Crippen LogP contribution is -2.22. The predicted molar refractivity (Wildman–Crippen MR) is 145 cm³/mol. The van der Waals surface area contributed by atoms with Crippen LogP contribution in [0.25, 0.3) is 10.9 Å². The third-order valence-electron chi connectivity index (χ3n) is 5.02. The Kier molecular flexibility index (Phi) is 7.81. The number of hydrogen-bond acceptors (Lipinski definition) is 8.